The molecule has 1 amide bonds. The number of hydrogen-bond acceptors (Lipinski definition) is 3. The molecule has 1 fully saturated rings. The van der Waals surface area contributed by atoms with E-state index in [-0.39, 0.29) is 12.3 Å². The van der Waals surface area contributed by atoms with E-state index in [4.69, 9.17) is 23.2 Å². The summed E-state index contributed by atoms with van der Waals surface area (Å²) in [6.45, 7) is 3.89. The Kier molecular flexibility index (Phi) is 7.57. The van der Waals surface area contributed by atoms with E-state index >= 15 is 0 Å². The summed E-state index contributed by atoms with van der Waals surface area (Å²) in [5, 5.41) is 11.5. The average molecular weight is 537 g/mol. The van der Waals surface area contributed by atoms with Crippen molar-refractivity contribution in [2.45, 2.75) is 31.1 Å². The van der Waals surface area contributed by atoms with Crippen LogP contribution in [-0.2, 0) is 21.4 Å². The fourth-order valence-electron chi connectivity index (χ4n) is 5.82. The highest BCUT2D eigenvalue weighted by Crippen LogP contribution is 2.51. The minimum Gasteiger partial charge on any atom is -0.480 e. The van der Waals surface area contributed by atoms with Gasteiger partial charge in [-0.1, -0.05) is 84.2 Å². The lowest BCUT2D eigenvalue weighted by atomic mass is 9.74. The normalized spacial score (nSPS) is 16.3. The third kappa shape index (κ3) is 5.00. The lowest BCUT2D eigenvalue weighted by Crippen LogP contribution is -2.49. The SMILES string of the molecule is O=C(Cc1ccc(Cl)cc1Cl)N1CCN(CCCCC2(C(=O)O)c3ccccc3-c3ccccc32)CC1. The molecule has 1 heterocycles. The van der Waals surface area contributed by atoms with Crippen molar-refractivity contribution < 1.29 is 14.7 Å². The van der Waals surface area contributed by atoms with Crippen molar-refractivity contribution in [2.24, 2.45) is 0 Å². The summed E-state index contributed by atoms with van der Waals surface area (Å²) in [5.74, 6) is -0.705. The number of unbranched alkanes of at least 4 members (excludes halogenated alkanes) is 1. The number of fused-ring (bicyclic) bond motifs is 3. The van der Waals surface area contributed by atoms with Crippen LogP contribution in [0.4, 0.5) is 0 Å². The number of carbonyl (C=O) groups excluding carboxylic acids is 1. The van der Waals surface area contributed by atoms with E-state index in [1.807, 2.05) is 59.5 Å². The van der Waals surface area contributed by atoms with E-state index in [1.54, 1.807) is 12.1 Å². The number of halogens is 2. The second-order valence-electron chi connectivity index (χ2n) is 9.89. The maximum Gasteiger partial charge on any atom is 0.318 e. The van der Waals surface area contributed by atoms with E-state index in [0.29, 0.717) is 29.6 Å². The van der Waals surface area contributed by atoms with Crippen LogP contribution in [-0.4, -0.2) is 59.5 Å². The zero-order valence-electron chi connectivity index (χ0n) is 20.6. The minimum atomic E-state index is -0.999. The topological polar surface area (TPSA) is 60.9 Å². The molecule has 0 atom stereocenters. The molecule has 0 bridgehead atoms. The van der Waals surface area contributed by atoms with Crippen molar-refractivity contribution in [3.05, 3.63) is 93.5 Å². The molecule has 3 aromatic carbocycles. The molecule has 0 spiro atoms. The highest BCUT2D eigenvalue weighted by atomic mass is 35.5. The number of carboxylic acid groups (broad SMARTS) is 1. The van der Waals surface area contributed by atoms with Gasteiger partial charge in [-0.15, -0.1) is 0 Å². The molecule has 1 aliphatic heterocycles. The smallest absolute Gasteiger partial charge is 0.318 e. The van der Waals surface area contributed by atoms with Gasteiger partial charge in [-0.05, 0) is 59.3 Å². The monoisotopic (exact) mass is 536 g/mol. The largest absolute Gasteiger partial charge is 0.480 e. The van der Waals surface area contributed by atoms with Crippen LogP contribution < -0.4 is 0 Å². The molecule has 2 aliphatic rings. The third-order valence-corrected chi connectivity index (χ3v) is 8.37. The van der Waals surface area contributed by atoms with Crippen molar-refractivity contribution in [2.75, 3.05) is 32.7 Å². The van der Waals surface area contributed by atoms with Crippen LogP contribution in [0.2, 0.25) is 10.0 Å². The van der Waals surface area contributed by atoms with Crippen molar-refractivity contribution in [1.29, 1.82) is 0 Å². The van der Waals surface area contributed by atoms with Gasteiger partial charge in [0, 0.05) is 36.2 Å². The Morgan fingerprint density at radius 2 is 1.46 bits per heavy atom. The molecule has 37 heavy (non-hydrogen) atoms. The molecule has 7 heteroatoms. The van der Waals surface area contributed by atoms with E-state index in [9.17, 15) is 14.7 Å². The van der Waals surface area contributed by atoms with Crippen LogP contribution in [0, 0.1) is 0 Å². The Morgan fingerprint density at radius 3 is 2.05 bits per heavy atom. The summed E-state index contributed by atoms with van der Waals surface area (Å²) in [6.07, 6.45) is 2.56. The number of carbonyl (C=O) groups is 2. The maximum absolute atomic E-state index is 12.8. The summed E-state index contributed by atoms with van der Waals surface area (Å²) >= 11 is 12.2. The summed E-state index contributed by atoms with van der Waals surface area (Å²) in [5.41, 5.74) is 3.65. The lowest BCUT2D eigenvalue weighted by molar-refractivity contribution is -0.142. The predicted octanol–water partition coefficient (Wildman–Crippen LogP) is 5.90. The Balaban J connectivity index is 1.15. The molecule has 0 saturated carbocycles. The van der Waals surface area contributed by atoms with Crippen LogP contribution in [0.5, 0.6) is 0 Å². The van der Waals surface area contributed by atoms with E-state index in [2.05, 4.69) is 4.90 Å². The molecule has 192 valence electrons. The van der Waals surface area contributed by atoms with Gasteiger partial charge >= 0.3 is 5.97 Å². The van der Waals surface area contributed by atoms with Gasteiger partial charge in [0.2, 0.25) is 5.91 Å². The molecule has 0 aromatic heterocycles. The molecule has 3 aromatic rings. The van der Waals surface area contributed by atoms with Gasteiger partial charge in [0.1, 0.15) is 5.41 Å². The quantitative estimate of drug-likeness (QED) is 0.364. The molecule has 1 saturated heterocycles. The molecule has 5 nitrogen and oxygen atoms in total. The van der Waals surface area contributed by atoms with Crippen molar-refractivity contribution in [1.82, 2.24) is 9.80 Å². The second-order valence-corrected chi connectivity index (χ2v) is 10.7. The standard InChI is InChI=1S/C30H30Cl2N2O3/c31-22-12-11-21(27(32)20-22)19-28(35)34-17-15-33(16-18-34)14-6-5-13-30(29(36)37)25-9-3-1-7-23(25)24-8-2-4-10-26(24)30/h1-4,7-12,20H,5-6,13-19H2,(H,36,37). The van der Waals surface area contributed by atoms with E-state index in [1.165, 1.54) is 0 Å². The van der Waals surface area contributed by atoms with Crippen LogP contribution in [0.3, 0.4) is 0 Å². The van der Waals surface area contributed by atoms with Crippen molar-refractivity contribution in [3.63, 3.8) is 0 Å². The number of hydrogen-bond donors (Lipinski definition) is 1. The van der Waals surface area contributed by atoms with Gasteiger partial charge in [0.05, 0.1) is 6.42 Å². The third-order valence-electron chi connectivity index (χ3n) is 7.79. The van der Waals surface area contributed by atoms with Gasteiger partial charge < -0.3 is 10.0 Å². The number of piperazine rings is 1. The number of carboxylic acids is 1. The van der Waals surface area contributed by atoms with Crippen LogP contribution in [0.15, 0.2) is 66.7 Å². The number of rotatable bonds is 8. The first-order valence-corrected chi connectivity index (χ1v) is 13.5. The summed E-state index contributed by atoms with van der Waals surface area (Å²) in [4.78, 5) is 29.8. The Hall–Kier alpha value is -2.86. The number of amides is 1. The first kappa shape index (κ1) is 25.8. The first-order valence-electron chi connectivity index (χ1n) is 12.8. The fourth-order valence-corrected chi connectivity index (χ4v) is 6.29. The Bertz CT molecular complexity index is 1270. The molecular formula is C30H30Cl2N2O3. The Labute approximate surface area is 227 Å². The maximum atomic E-state index is 12.8. The lowest BCUT2D eigenvalue weighted by Gasteiger charge is -2.35. The van der Waals surface area contributed by atoms with Crippen LogP contribution >= 0.6 is 23.2 Å². The fraction of sp³-hybridized carbons (Fsp3) is 0.333. The second kappa shape index (κ2) is 10.9. The van der Waals surface area contributed by atoms with E-state index in [0.717, 1.165) is 60.3 Å². The van der Waals surface area contributed by atoms with Crippen molar-refractivity contribution >= 4 is 35.1 Å². The van der Waals surface area contributed by atoms with Gasteiger partial charge in [-0.25, -0.2) is 0 Å². The summed E-state index contributed by atoms with van der Waals surface area (Å²) in [6, 6.07) is 21.0. The number of nitrogens with zero attached hydrogens (tertiary/aromatic N) is 2. The van der Waals surface area contributed by atoms with Gasteiger partial charge in [0.25, 0.3) is 0 Å². The predicted molar refractivity (Wildman–Crippen MR) is 147 cm³/mol. The zero-order chi connectivity index (χ0) is 26.0. The summed E-state index contributed by atoms with van der Waals surface area (Å²) < 4.78 is 0. The molecule has 1 N–H and O–H groups in total. The molecular weight excluding hydrogens is 507 g/mol. The highest BCUT2D eigenvalue weighted by Gasteiger charge is 2.48. The van der Waals surface area contributed by atoms with Crippen LogP contribution in [0.25, 0.3) is 11.1 Å². The molecule has 0 unspecified atom stereocenters. The highest BCUT2D eigenvalue weighted by molar-refractivity contribution is 6.35. The Morgan fingerprint density at radius 1 is 0.838 bits per heavy atom. The average Bonchev–Trinajstić information content (AvgIpc) is 3.19. The molecule has 0 radical (unpaired) electrons. The van der Waals surface area contributed by atoms with Gasteiger partial charge in [-0.2, -0.15) is 0 Å². The minimum absolute atomic E-state index is 0.0748. The van der Waals surface area contributed by atoms with Gasteiger partial charge in [-0.3, -0.25) is 14.5 Å². The van der Waals surface area contributed by atoms with Crippen molar-refractivity contribution in [3.8, 4) is 11.1 Å². The molecule has 5 rings (SSSR count). The van der Waals surface area contributed by atoms with Gasteiger partial charge in [0.15, 0.2) is 0 Å². The number of benzene rings is 3. The number of aliphatic carboxylic acids is 1. The van der Waals surface area contributed by atoms with E-state index < -0.39 is 11.4 Å². The summed E-state index contributed by atoms with van der Waals surface area (Å²) in [7, 11) is 0. The zero-order valence-corrected chi connectivity index (χ0v) is 22.1. The van der Waals surface area contributed by atoms with Crippen LogP contribution in [0.1, 0.15) is 36.0 Å². The first-order chi connectivity index (χ1) is 17.9. The molecule has 1 aliphatic carbocycles.